The summed E-state index contributed by atoms with van der Waals surface area (Å²) in [4.78, 5) is 14.6. The highest BCUT2D eigenvalue weighted by Crippen LogP contribution is 2.19. The first-order valence-corrected chi connectivity index (χ1v) is 5.07. The number of aromatic nitrogens is 1. The van der Waals surface area contributed by atoms with Crippen LogP contribution >= 0.6 is 0 Å². The first-order valence-electron chi connectivity index (χ1n) is 5.07. The van der Waals surface area contributed by atoms with Crippen molar-refractivity contribution in [2.45, 2.75) is 0 Å². The lowest BCUT2D eigenvalue weighted by Gasteiger charge is -2.04. The third-order valence-corrected chi connectivity index (χ3v) is 2.15. The van der Waals surface area contributed by atoms with E-state index in [1.54, 1.807) is 36.4 Å². The number of carbonyl (C=O) groups is 1. The van der Waals surface area contributed by atoms with Crippen LogP contribution in [0.3, 0.4) is 0 Å². The average molecular weight is 240 g/mol. The van der Waals surface area contributed by atoms with Crippen LogP contribution in [0.15, 0.2) is 42.5 Å². The van der Waals surface area contributed by atoms with Crippen LogP contribution in [-0.2, 0) is 0 Å². The molecule has 0 saturated carbocycles. The zero-order valence-corrected chi connectivity index (χ0v) is 9.20. The van der Waals surface area contributed by atoms with E-state index in [0.29, 0.717) is 11.3 Å². The Morgan fingerprint density at radius 2 is 1.94 bits per heavy atom. The number of pyridine rings is 1. The molecular weight excluding hydrogens is 232 g/mol. The highest BCUT2D eigenvalue weighted by Gasteiger charge is 2.06. The quantitative estimate of drug-likeness (QED) is 0.890. The molecule has 5 heteroatoms. The second kappa shape index (κ2) is 4.97. The van der Waals surface area contributed by atoms with Crippen molar-refractivity contribution in [1.29, 1.82) is 5.26 Å². The van der Waals surface area contributed by atoms with Crippen molar-refractivity contribution in [3.05, 3.63) is 53.7 Å². The fourth-order valence-electron chi connectivity index (χ4n) is 1.31. The minimum absolute atomic E-state index is 0.0823. The predicted molar refractivity (Wildman–Crippen MR) is 62.4 cm³/mol. The molecule has 0 fully saturated rings. The molecule has 0 aliphatic heterocycles. The highest BCUT2D eigenvalue weighted by atomic mass is 16.5. The molecule has 0 aliphatic rings. The van der Waals surface area contributed by atoms with Gasteiger partial charge in [-0.3, -0.25) is 0 Å². The second-order valence-electron chi connectivity index (χ2n) is 3.40. The monoisotopic (exact) mass is 240 g/mol. The number of rotatable bonds is 3. The summed E-state index contributed by atoms with van der Waals surface area (Å²) in [6.45, 7) is 0. The molecule has 0 aliphatic carbocycles. The van der Waals surface area contributed by atoms with E-state index in [1.807, 2.05) is 6.07 Å². The summed E-state index contributed by atoms with van der Waals surface area (Å²) in [7, 11) is 0. The van der Waals surface area contributed by atoms with E-state index in [4.69, 9.17) is 15.1 Å². The SMILES string of the molecule is N#Cc1ccc(Oc2cccc(C(=O)O)n2)cc1. The molecule has 1 N–H and O–H groups in total. The number of carboxylic acid groups (broad SMARTS) is 1. The van der Waals surface area contributed by atoms with E-state index in [2.05, 4.69) is 4.98 Å². The average Bonchev–Trinajstić information content (AvgIpc) is 2.40. The van der Waals surface area contributed by atoms with Crippen LogP contribution in [0.25, 0.3) is 0 Å². The standard InChI is InChI=1S/C13H8N2O3/c14-8-9-4-6-10(7-5-9)18-12-3-1-2-11(15-12)13(16)17/h1-7H,(H,16,17). The molecule has 1 aromatic carbocycles. The van der Waals surface area contributed by atoms with Crippen LogP contribution in [0.1, 0.15) is 16.1 Å². The highest BCUT2D eigenvalue weighted by molar-refractivity contribution is 5.85. The van der Waals surface area contributed by atoms with Gasteiger partial charge in [-0.1, -0.05) is 6.07 Å². The Kier molecular flexibility index (Phi) is 3.21. The normalized spacial score (nSPS) is 9.50. The number of ether oxygens (including phenoxy) is 1. The molecule has 0 spiro atoms. The summed E-state index contributed by atoms with van der Waals surface area (Å²) in [5.41, 5.74) is 0.441. The van der Waals surface area contributed by atoms with Crippen LogP contribution in [-0.4, -0.2) is 16.1 Å². The van der Waals surface area contributed by atoms with Crippen LogP contribution in [0.5, 0.6) is 11.6 Å². The van der Waals surface area contributed by atoms with Crippen LogP contribution in [0.4, 0.5) is 0 Å². The van der Waals surface area contributed by atoms with Gasteiger partial charge in [0.2, 0.25) is 5.88 Å². The van der Waals surface area contributed by atoms with Gasteiger partial charge in [-0.15, -0.1) is 0 Å². The van der Waals surface area contributed by atoms with Gasteiger partial charge in [-0.25, -0.2) is 9.78 Å². The smallest absolute Gasteiger partial charge is 0.354 e. The number of aromatic carboxylic acids is 1. The number of hydrogen-bond acceptors (Lipinski definition) is 4. The van der Waals surface area contributed by atoms with Gasteiger partial charge in [0.05, 0.1) is 11.6 Å². The number of carboxylic acids is 1. The van der Waals surface area contributed by atoms with Crippen LogP contribution in [0, 0.1) is 11.3 Å². The largest absolute Gasteiger partial charge is 0.477 e. The number of nitriles is 1. The Hall–Kier alpha value is -2.87. The summed E-state index contributed by atoms with van der Waals surface area (Å²) >= 11 is 0. The fourth-order valence-corrected chi connectivity index (χ4v) is 1.31. The first-order chi connectivity index (χ1) is 8.69. The molecule has 5 nitrogen and oxygen atoms in total. The molecule has 2 aromatic rings. The van der Waals surface area contributed by atoms with Crippen molar-refractivity contribution < 1.29 is 14.6 Å². The van der Waals surface area contributed by atoms with Crippen LogP contribution in [0.2, 0.25) is 0 Å². The molecule has 0 atom stereocenters. The van der Waals surface area contributed by atoms with Crippen molar-refractivity contribution in [2.24, 2.45) is 0 Å². The van der Waals surface area contributed by atoms with E-state index < -0.39 is 5.97 Å². The van der Waals surface area contributed by atoms with E-state index in [9.17, 15) is 4.79 Å². The Labute approximate surface area is 103 Å². The Morgan fingerprint density at radius 3 is 2.56 bits per heavy atom. The molecule has 0 unspecified atom stereocenters. The van der Waals surface area contributed by atoms with Gasteiger partial charge in [0.1, 0.15) is 5.75 Å². The molecule has 18 heavy (non-hydrogen) atoms. The fraction of sp³-hybridized carbons (Fsp3) is 0. The van der Waals surface area contributed by atoms with Gasteiger partial charge in [0, 0.05) is 6.07 Å². The van der Waals surface area contributed by atoms with E-state index in [1.165, 1.54) is 6.07 Å². The third kappa shape index (κ3) is 2.62. The Bertz CT molecular complexity index is 615. The van der Waals surface area contributed by atoms with Crippen LogP contribution < -0.4 is 4.74 Å². The molecule has 0 radical (unpaired) electrons. The lowest BCUT2D eigenvalue weighted by Crippen LogP contribution is -2.00. The van der Waals surface area contributed by atoms with Gasteiger partial charge in [-0.05, 0) is 30.3 Å². The Balaban J connectivity index is 2.20. The molecule has 1 heterocycles. The maximum atomic E-state index is 10.7. The molecule has 0 bridgehead atoms. The first kappa shape index (κ1) is 11.6. The molecule has 1 aromatic heterocycles. The van der Waals surface area contributed by atoms with Gasteiger partial charge in [0.25, 0.3) is 0 Å². The summed E-state index contributed by atoms with van der Waals surface area (Å²) in [6, 6.07) is 12.9. The molecule has 88 valence electrons. The Morgan fingerprint density at radius 1 is 1.22 bits per heavy atom. The topological polar surface area (TPSA) is 83.2 Å². The van der Waals surface area contributed by atoms with Gasteiger partial charge in [0.15, 0.2) is 5.69 Å². The predicted octanol–water partition coefficient (Wildman–Crippen LogP) is 2.44. The summed E-state index contributed by atoms with van der Waals surface area (Å²) in [5.74, 6) is -0.427. The third-order valence-electron chi connectivity index (χ3n) is 2.15. The maximum Gasteiger partial charge on any atom is 0.354 e. The van der Waals surface area contributed by atoms with E-state index in [0.717, 1.165) is 0 Å². The summed E-state index contributed by atoms with van der Waals surface area (Å²) in [5, 5.41) is 17.4. The molecule has 0 saturated heterocycles. The van der Waals surface area contributed by atoms with Crippen molar-refractivity contribution >= 4 is 5.97 Å². The maximum absolute atomic E-state index is 10.7. The zero-order valence-electron chi connectivity index (χ0n) is 9.20. The van der Waals surface area contributed by atoms with Gasteiger partial charge in [-0.2, -0.15) is 5.26 Å². The minimum atomic E-state index is -1.11. The lowest BCUT2D eigenvalue weighted by molar-refractivity contribution is 0.0689. The van der Waals surface area contributed by atoms with Crippen molar-refractivity contribution in [1.82, 2.24) is 4.98 Å². The number of hydrogen-bond donors (Lipinski definition) is 1. The van der Waals surface area contributed by atoms with Crippen molar-refractivity contribution in [3.8, 4) is 17.7 Å². The molecule has 0 amide bonds. The molecular formula is C13H8N2O3. The summed E-state index contributed by atoms with van der Waals surface area (Å²) < 4.78 is 5.38. The lowest BCUT2D eigenvalue weighted by atomic mass is 10.2. The van der Waals surface area contributed by atoms with Crippen molar-refractivity contribution in [2.75, 3.05) is 0 Å². The van der Waals surface area contributed by atoms with Gasteiger partial charge < -0.3 is 9.84 Å². The zero-order chi connectivity index (χ0) is 13.0. The molecule has 2 rings (SSSR count). The number of benzene rings is 1. The van der Waals surface area contributed by atoms with Crippen molar-refractivity contribution in [3.63, 3.8) is 0 Å². The van der Waals surface area contributed by atoms with Gasteiger partial charge >= 0.3 is 5.97 Å². The number of nitrogens with zero attached hydrogens (tertiary/aromatic N) is 2. The minimum Gasteiger partial charge on any atom is -0.477 e. The van der Waals surface area contributed by atoms with E-state index >= 15 is 0 Å². The second-order valence-corrected chi connectivity index (χ2v) is 3.40. The van der Waals surface area contributed by atoms with E-state index in [-0.39, 0.29) is 11.6 Å². The summed E-state index contributed by atoms with van der Waals surface area (Å²) in [6.07, 6.45) is 0.